The average Bonchev–Trinajstić information content (AvgIpc) is 2.37. The van der Waals surface area contributed by atoms with Crippen LogP contribution >= 0.6 is 0 Å². The zero-order chi connectivity index (χ0) is 12.0. The molecule has 0 N–H and O–H groups in total. The fourth-order valence-corrected chi connectivity index (χ4v) is 2.27. The van der Waals surface area contributed by atoms with Crippen LogP contribution in [-0.4, -0.2) is 24.1 Å². The number of nitrogens with zero attached hydrogens (tertiary/aromatic N) is 1. The molecule has 0 bridgehead atoms. The molecule has 0 saturated heterocycles. The second-order valence-corrected chi connectivity index (χ2v) is 4.62. The van der Waals surface area contributed by atoms with E-state index in [4.69, 9.17) is 0 Å². The predicted octanol–water partition coefficient (Wildman–Crippen LogP) is 3.63. The second kappa shape index (κ2) is 6.05. The summed E-state index contributed by atoms with van der Waals surface area (Å²) in [6, 6.07) is 9.13. The second-order valence-electron chi connectivity index (χ2n) is 4.62. The lowest BCUT2D eigenvalue weighted by Crippen LogP contribution is -2.46. The highest BCUT2D eigenvalue weighted by atomic mass is 15.3. The number of hydrogen-bond donors (Lipinski definition) is 0. The first-order chi connectivity index (χ1) is 7.69. The van der Waals surface area contributed by atoms with Gasteiger partial charge >= 0.3 is 0 Å². The van der Waals surface area contributed by atoms with Crippen LogP contribution in [0.15, 0.2) is 24.3 Å². The third-order valence-electron chi connectivity index (χ3n) is 3.96. The van der Waals surface area contributed by atoms with Gasteiger partial charge in [0.25, 0.3) is 0 Å². The van der Waals surface area contributed by atoms with Crippen molar-refractivity contribution in [1.82, 2.24) is 0 Å². The van der Waals surface area contributed by atoms with E-state index in [1.54, 1.807) is 0 Å². The molecule has 0 radical (unpaired) electrons. The van der Waals surface area contributed by atoms with Crippen molar-refractivity contribution in [2.45, 2.75) is 40.7 Å². The maximum absolute atomic E-state index is 2.30. The minimum atomic E-state index is 1.13. The van der Waals surface area contributed by atoms with Gasteiger partial charge in [-0.25, -0.2) is 0 Å². The molecular weight excluding hydrogens is 194 g/mol. The molecule has 0 amide bonds. The minimum absolute atomic E-state index is 1.13. The Hall–Kier alpha value is -0.820. The first kappa shape index (κ1) is 13.2. The number of aryl methyl sites for hydroxylation is 1. The SMILES string of the molecule is CCc1ccc(C[N+](CC)(CC)CC)cc1. The van der Waals surface area contributed by atoms with Crippen molar-refractivity contribution in [3.05, 3.63) is 35.4 Å². The lowest BCUT2D eigenvalue weighted by Gasteiger charge is -2.35. The molecule has 0 aliphatic rings. The van der Waals surface area contributed by atoms with Gasteiger partial charge in [-0.2, -0.15) is 0 Å². The molecular formula is C15H26N+. The van der Waals surface area contributed by atoms with E-state index in [1.807, 2.05) is 0 Å². The first-order valence-electron chi connectivity index (χ1n) is 6.62. The molecule has 0 saturated carbocycles. The summed E-state index contributed by atoms with van der Waals surface area (Å²) in [5.41, 5.74) is 2.91. The number of rotatable bonds is 6. The van der Waals surface area contributed by atoms with Crippen molar-refractivity contribution in [2.24, 2.45) is 0 Å². The fraction of sp³-hybridized carbons (Fsp3) is 0.600. The normalized spacial score (nSPS) is 11.8. The molecule has 0 fully saturated rings. The summed E-state index contributed by atoms with van der Waals surface area (Å²) in [4.78, 5) is 0. The van der Waals surface area contributed by atoms with Gasteiger partial charge in [-0.15, -0.1) is 0 Å². The Morgan fingerprint density at radius 3 is 1.56 bits per heavy atom. The fourth-order valence-electron chi connectivity index (χ4n) is 2.27. The monoisotopic (exact) mass is 220 g/mol. The highest BCUT2D eigenvalue weighted by Gasteiger charge is 2.20. The minimum Gasteiger partial charge on any atom is -0.321 e. The van der Waals surface area contributed by atoms with Crippen LogP contribution < -0.4 is 0 Å². The van der Waals surface area contributed by atoms with Crippen LogP contribution in [0, 0.1) is 0 Å². The number of quaternary nitrogens is 1. The zero-order valence-corrected chi connectivity index (χ0v) is 11.3. The average molecular weight is 220 g/mol. The summed E-state index contributed by atoms with van der Waals surface area (Å²) >= 11 is 0. The van der Waals surface area contributed by atoms with Crippen LogP contribution in [0.3, 0.4) is 0 Å². The third-order valence-corrected chi connectivity index (χ3v) is 3.96. The Balaban J connectivity index is 2.77. The maximum atomic E-state index is 2.30. The van der Waals surface area contributed by atoms with Gasteiger partial charge < -0.3 is 4.48 Å². The largest absolute Gasteiger partial charge is 0.321 e. The van der Waals surface area contributed by atoms with Crippen LogP contribution in [-0.2, 0) is 13.0 Å². The molecule has 0 heterocycles. The van der Waals surface area contributed by atoms with Gasteiger partial charge in [-0.05, 0) is 32.8 Å². The molecule has 1 aromatic rings. The Labute approximate surface area is 101 Å². The first-order valence-corrected chi connectivity index (χ1v) is 6.62. The van der Waals surface area contributed by atoms with E-state index in [0.29, 0.717) is 0 Å². The Morgan fingerprint density at radius 1 is 0.750 bits per heavy atom. The predicted molar refractivity (Wildman–Crippen MR) is 71.4 cm³/mol. The molecule has 1 heteroatoms. The van der Waals surface area contributed by atoms with E-state index < -0.39 is 0 Å². The highest BCUT2D eigenvalue weighted by molar-refractivity contribution is 5.21. The van der Waals surface area contributed by atoms with Gasteiger partial charge in [0, 0.05) is 5.56 Å². The zero-order valence-electron chi connectivity index (χ0n) is 11.3. The van der Waals surface area contributed by atoms with E-state index in [-0.39, 0.29) is 0 Å². The smallest absolute Gasteiger partial charge is 0.104 e. The summed E-state index contributed by atoms with van der Waals surface area (Å²) in [7, 11) is 0. The molecule has 1 aromatic carbocycles. The Bertz CT molecular complexity index is 287. The quantitative estimate of drug-likeness (QED) is 0.642. The van der Waals surface area contributed by atoms with Gasteiger partial charge in [0.2, 0.25) is 0 Å². The van der Waals surface area contributed by atoms with Crippen LogP contribution in [0.4, 0.5) is 0 Å². The van der Waals surface area contributed by atoms with Crippen molar-refractivity contribution >= 4 is 0 Å². The molecule has 1 rings (SSSR count). The lowest BCUT2D eigenvalue weighted by molar-refractivity contribution is -0.936. The summed E-state index contributed by atoms with van der Waals surface area (Å²) in [6.45, 7) is 14.0. The van der Waals surface area contributed by atoms with Crippen LogP contribution in [0.1, 0.15) is 38.8 Å². The maximum Gasteiger partial charge on any atom is 0.104 e. The van der Waals surface area contributed by atoms with Crippen LogP contribution in [0.5, 0.6) is 0 Å². The molecule has 90 valence electrons. The van der Waals surface area contributed by atoms with Gasteiger partial charge in [-0.3, -0.25) is 0 Å². The van der Waals surface area contributed by atoms with Gasteiger partial charge in [0.1, 0.15) is 6.54 Å². The lowest BCUT2D eigenvalue weighted by atomic mass is 10.1. The number of hydrogen-bond acceptors (Lipinski definition) is 0. The molecule has 0 aliphatic heterocycles. The topological polar surface area (TPSA) is 0 Å². The van der Waals surface area contributed by atoms with Crippen molar-refractivity contribution in [3.8, 4) is 0 Å². The van der Waals surface area contributed by atoms with E-state index in [9.17, 15) is 0 Å². The van der Waals surface area contributed by atoms with Crippen LogP contribution in [0.25, 0.3) is 0 Å². The van der Waals surface area contributed by atoms with Crippen molar-refractivity contribution < 1.29 is 4.48 Å². The summed E-state index contributed by atoms with van der Waals surface area (Å²) < 4.78 is 1.20. The summed E-state index contributed by atoms with van der Waals surface area (Å²) in [6.07, 6.45) is 1.13. The highest BCUT2D eigenvalue weighted by Crippen LogP contribution is 2.15. The van der Waals surface area contributed by atoms with E-state index in [2.05, 4.69) is 52.0 Å². The van der Waals surface area contributed by atoms with Crippen molar-refractivity contribution in [2.75, 3.05) is 19.6 Å². The molecule has 0 spiro atoms. The third kappa shape index (κ3) is 3.08. The molecule has 0 aliphatic carbocycles. The van der Waals surface area contributed by atoms with Gasteiger partial charge in [0.05, 0.1) is 19.6 Å². The molecule has 16 heavy (non-hydrogen) atoms. The summed E-state index contributed by atoms with van der Waals surface area (Å²) in [5.74, 6) is 0. The molecule has 0 atom stereocenters. The van der Waals surface area contributed by atoms with E-state index >= 15 is 0 Å². The Kier molecular flexibility index (Phi) is 5.01. The Morgan fingerprint density at radius 2 is 1.19 bits per heavy atom. The summed E-state index contributed by atoms with van der Waals surface area (Å²) in [5, 5.41) is 0. The molecule has 1 nitrogen and oxygen atoms in total. The van der Waals surface area contributed by atoms with Gasteiger partial charge in [-0.1, -0.05) is 31.2 Å². The molecule has 0 aromatic heterocycles. The number of benzene rings is 1. The van der Waals surface area contributed by atoms with Gasteiger partial charge in [0.15, 0.2) is 0 Å². The standard InChI is InChI=1S/C15H26N/c1-5-14-9-11-15(12-10-14)13-16(6-2,7-3)8-4/h9-12H,5-8,13H2,1-4H3/q+1. The van der Waals surface area contributed by atoms with E-state index in [1.165, 1.54) is 41.8 Å². The van der Waals surface area contributed by atoms with Crippen LogP contribution in [0.2, 0.25) is 0 Å². The van der Waals surface area contributed by atoms with Crippen molar-refractivity contribution in [3.63, 3.8) is 0 Å². The van der Waals surface area contributed by atoms with Crippen molar-refractivity contribution in [1.29, 1.82) is 0 Å². The molecule has 0 unspecified atom stereocenters. The van der Waals surface area contributed by atoms with E-state index in [0.717, 1.165) is 6.42 Å².